The van der Waals surface area contributed by atoms with Crippen molar-refractivity contribution in [3.8, 4) is 0 Å². The molecule has 3 nitrogen and oxygen atoms in total. The molecule has 2 aromatic rings. The number of hydrogen-bond acceptors (Lipinski definition) is 2. The van der Waals surface area contributed by atoms with Gasteiger partial charge in [0.1, 0.15) is 0 Å². The molecule has 0 fully saturated rings. The average Bonchev–Trinajstić information content (AvgIpc) is 2.94. The Kier molecular flexibility index (Phi) is 3.33. The predicted molar refractivity (Wildman–Crippen MR) is 79.3 cm³/mol. The molecule has 100 valence electrons. The van der Waals surface area contributed by atoms with Crippen molar-refractivity contribution in [3.05, 3.63) is 71.8 Å². The third-order valence-corrected chi connectivity index (χ3v) is 3.52. The molecule has 1 aliphatic heterocycles. The first-order chi connectivity index (χ1) is 9.75. The van der Waals surface area contributed by atoms with E-state index in [1.165, 1.54) is 0 Å². The van der Waals surface area contributed by atoms with E-state index in [0.29, 0.717) is 0 Å². The van der Waals surface area contributed by atoms with Gasteiger partial charge < -0.3 is 0 Å². The highest BCUT2D eigenvalue weighted by Crippen LogP contribution is 2.32. The molecular formula is C17H16N2O. The van der Waals surface area contributed by atoms with Crippen LogP contribution in [0.3, 0.4) is 0 Å². The van der Waals surface area contributed by atoms with Crippen molar-refractivity contribution in [2.75, 3.05) is 0 Å². The fraction of sp³-hybridized carbons (Fsp3) is 0.176. The van der Waals surface area contributed by atoms with E-state index in [0.717, 1.165) is 23.3 Å². The van der Waals surface area contributed by atoms with Gasteiger partial charge in [0.15, 0.2) is 0 Å². The Bertz CT molecular complexity index is 635. The summed E-state index contributed by atoms with van der Waals surface area (Å²) in [4.78, 5) is 11.8. The molecule has 3 heteroatoms. The van der Waals surface area contributed by atoms with Crippen molar-refractivity contribution in [2.24, 2.45) is 5.10 Å². The Hall–Kier alpha value is -2.42. The van der Waals surface area contributed by atoms with Crippen LogP contribution in [-0.2, 0) is 4.79 Å². The Labute approximate surface area is 118 Å². The van der Waals surface area contributed by atoms with Gasteiger partial charge in [-0.1, -0.05) is 60.7 Å². The quantitative estimate of drug-likeness (QED) is 0.818. The molecular weight excluding hydrogens is 248 g/mol. The van der Waals surface area contributed by atoms with Crippen LogP contribution in [0.25, 0.3) is 0 Å². The molecule has 0 saturated carbocycles. The highest BCUT2D eigenvalue weighted by molar-refractivity contribution is 6.03. The molecule has 0 unspecified atom stereocenters. The number of carbonyl (C=O) groups is 1. The van der Waals surface area contributed by atoms with Crippen molar-refractivity contribution < 1.29 is 4.79 Å². The number of rotatable bonds is 2. The van der Waals surface area contributed by atoms with Gasteiger partial charge in [-0.3, -0.25) is 4.79 Å². The second kappa shape index (κ2) is 5.29. The average molecular weight is 264 g/mol. The SMILES string of the molecule is CC(=O)N1N=C(c2ccccc2)C[C@@H]1c1ccccc1. The summed E-state index contributed by atoms with van der Waals surface area (Å²) < 4.78 is 0. The third kappa shape index (κ3) is 2.35. The summed E-state index contributed by atoms with van der Waals surface area (Å²) in [6, 6.07) is 20.1. The van der Waals surface area contributed by atoms with Gasteiger partial charge in [0, 0.05) is 13.3 Å². The summed E-state index contributed by atoms with van der Waals surface area (Å²) in [7, 11) is 0. The number of hydrazone groups is 1. The maximum Gasteiger partial charge on any atom is 0.240 e. The van der Waals surface area contributed by atoms with Crippen molar-refractivity contribution in [1.29, 1.82) is 0 Å². The molecule has 0 spiro atoms. The maximum absolute atomic E-state index is 11.8. The predicted octanol–water partition coefficient (Wildman–Crippen LogP) is 3.38. The summed E-state index contributed by atoms with van der Waals surface area (Å²) in [5, 5.41) is 6.11. The third-order valence-electron chi connectivity index (χ3n) is 3.52. The lowest BCUT2D eigenvalue weighted by Crippen LogP contribution is -2.24. The van der Waals surface area contributed by atoms with E-state index < -0.39 is 0 Å². The van der Waals surface area contributed by atoms with Gasteiger partial charge in [-0.2, -0.15) is 5.10 Å². The highest BCUT2D eigenvalue weighted by atomic mass is 16.2. The molecule has 1 atom stereocenters. The van der Waals surface area contributed by atoms with Gasteiger partial charge in [-0.15, -0.1) is 0 Å². The molecule has 0 saturated heterocycles. The van der Waals surface area contributed by atoms with Gasteiger partial charge >= 0.3 is 0 Å². The zero-order valence-corrected chi connectivity index (χ0v) is 11.4. The first-order valence-corrected chi connectivity index (χ1v) is 6.73. The summed E-state index contributed by atoms with van der Waals surface area (Å²) in [5.74, 6) is -0.0233. The summed E-state index contributed by atoms with van der Waals surface area (Å²) in [6.07, 6.45) is 0.758. The van der Waals surface area contributed by atoms with Gasteiger partial charge in [-0.25, -0.2) is 5.01 Å². The fourth-order valence-electron chi connectivity index (χ4n) is 2.54. The smallest absolute Gasteiger partial charge is 0.240 e. The largest absolute Gasteiger partial charge is 0.273 e. The van der Waals surface area contributed by atoms with Gasteiger partial charge in [0.2, 0.25) is 5.91 Å². The van der Waals surface area contributed by atoms with Gasteiger partial charge in [0.25, 0.3) is 0 Å². The molecule has 1 heterocycles. The van der Waals surface area contributed by atoms with Crippen LogP contribution < -0.4 is 0 Å². The number of nitrogens with zero attached hydrogens (tertiary/aromatic N) is 2. The van der Waals surface area contributed by atoms with Crippen LogP contribution in [0.1, 0.15) is 30.5 Å². The van der Waals surface area contributed by atoms with Crippen molar-refractivity contribution in [1.82, 2.24) is 5.01 Å². The molecule has 0 aliphatic carbocycles. The molecule has 0 radical (unpaired) electrons. The van der Waals surface area contributed by atoms with Crippen LogP contribution in [0.4, 0.5) is 0 Å². The van der Waals surface area contributed by atoms with Crippen LogP contribution in [0.5, 0.6) is 0 Å². The van der Waals surface area contributed by atoms with E-state index in [4.69, 9.17) is 0 Å². The molecule has 3 rings (SSSR count). The molecule has 2 aromatic carbocycles. The normalized spacial score (nSPS) is 17.9. The monoisotopic (exact) mass is 264 g/mol. The fourth-order valence-corrected chi connectivity index (χ4v) is 2.54. The topological polar surface area (TPSA) is 32.7 Å². The summed E-state index contributed by atoms with van der Waals surface area (Å²) in [5.41, 5.74) is 3.17. The Morgan fingerprint density at radius 1 is 1.05 bits per heavy atom. The first kappa shape index (κ1) is 12.6. The number of carbonyl (C=O) groups excluding carboxylic acids is 1. The minimum Gasteiger partial charge on any atom is -0.273 e. The number of amides is 1. The van der Waals surface area contributed by atoms with E-state index >= 15 is 0 Å². The van der Waals surface area contributed by atoms with E-state index in [2.05, 4.69) is 5.10 Å². The minimum absolute atomic E-state index is 0.00362. The van der Waals surface area contributed by atoms with Crippen LogP contribution in [0, 0.1) is 0 Å². The molecule has 0 aromatic heterocycles. The lowest BCUT2D eigenvalue weighted by atomic mass is 9.98. The van der Waals surface area contributed by atoms with Gasteiger partial charge in [-0.05, 0) is 11.1 Å². The number of benzene rings is 2. The Balaban J connectivity index is 1.94. The highest BCUT2D eigenvalue weighted by Gasteiger charge is 2.30. The van der Waals surface area contributed by atoms with Crippen LogP contribution >= 0.6 is 0 Å². The second-order valence-corrected chi connectivity index (χ2v) is 4.91. The van der Waals surface area contributed by atoms with Crippen molar-refractivity contribution in [3.63, 3.8) is 0 Å². The first-order valence-electron chi connectivity index (χ1n) is 6.73. The molecule has 1 amide bonds. The Morgan fingerprint density at radius 2 is 1.65 bits per heavy atom. The van der Waals surface area contributed by atoms with E-state index in [1.54, 1.807) is 11.9 Å². The van der Waals surface area contributed by atoms with Crippen molar-refractivity contribution >= 4 is 11.6 Å². The number of hydrogen-bond donors (Lipinski definition) is 0. The van der Waals surface area contributed by atoms with Crippen molar-refractivity contribution in [2.45, 2.75) is 19.4 Å². The lowest BCUT2D eigenvalue weighted by Gasteiger charge is -2.20. The molecule has 0 N–H and O–H groups in total. The van der Waals surface area contributed by atoms with Crippen LogP contribution in [-0.4, -0.2) is 16.6 Å². The second-order valence-electron chi connectivity index (χ2n) is 4.91. The van der Waals surface area contributed by atoms with E-state index in [-0.39, 0.29) is 11.9 Å². The Morgan fingerprint density at radius 3 is 2.25 bits per heavy atom. The summed E-state index contributed by atoms with van der Waals surface area (Å²) in [6.45, 7) is 1.56. The standard InChI is InChI=1S/C17H16N2O/c1-13(20)19-17(15-10-6-3-7-11-15)12-16(18-19)14-8-4-2-5-9-14/h2-11,17H,12H2,1H3/t17-/m1/s1. The maximum atomic E-state index is 11.8. The molecule has 0 bridgehead atoms. The lowest BCUT2D eigenvalue weighted by molar-refractivity contribution is -0.130. The van der Waals surface area contributed by atoms with Crippen LogP contribution in [0.15, 0.2) is 65.8 Å². The summed E-state index contributed by atoms with van der Waals surface area (Å²) >= 11 is 0. The molecule has 1 aliphatic rings. The van der Waals surface area contributed by atoms with Crippen LogP contribution in [0.2, 0.25) is 0 Å². The van der Waals surface area contributed by atoms with E-state index in [1.807, 2.05) is 60.7 Å². The minimum atomic E-state index is -0.0233. The molecule has 20 heavy (non-hydrogen) atoms. The zero-order chi connectivity index (χ0) is 13.9. The zero-order valence-electron chi connectivity index (χ0n) is 11.4. The van der Waals surface area contributed by atoms with E-state index in [9.17, 15) is 4.79 Å². The van der Waals surface area contributed by atoms with Gasteiger partial charge in [0.05, 0.1) is 11.8 Å².